The zero-order valence-electron chi connectivity index (χ0n) is 15.7. The molecular formula is C22H24N4O2. The van der Waals surface area contributed by atoms with Crippen molar-refractivity contribution in [3.05, 3.63) is 60.4 Å². The smallest absolute Gasteiger partial charge is 0.244 e. The van der Waals surface area contributed by atoms with Crippen LogP contribution in [0.1, 0.15) is 25.1 Å². The van der Waals surface area contributed by atoms with E-state index in [1.165, 1.54) is 0 Å². The quantitative estimate of drug-likeness (QED) is 0.593. The van der Waals surface area contributed by atoms with Crippen molar-refractivity contribution in [3.63, 3.8) is 0 Å². The van der Waals surface area contributed by atoms with E-state index in [2.05, 4.69) is 10.6 Å². The number of rotatable bonds is 8. The van der Waals surface area contributed by atoms with Gasteiger partial charge in [-0.25, -0.2) is 4.98 Å². The molecule has 2 N–H and O–H groups in total. The van der Waals surface area contributed by atoms with Gasteiger partial charge >= 0.3 is 0 Å². The molecule has 6 heteroatoms. The molecule has 4 rings (SSSR count). The third-order valence-electron chi connectivity index (χ3n) is 4.92. The van der Waals surface area contributed by atoms with Gasteiger partial charge in [-0.05, 0) is 43.5 Å². The number of nitrogens with one attached hydrogen (secondary N) is 2. The van der Waals surface area contributed by atoms with E-state index in [0.717, 1.165) is 41.8 Å². The summed E-state index contributed by atoms with van der Waals surface area (Å²) in [4.78, 5) is 29.0. The van der Waals surface area contributed by atoms with E-state index in [9.17, 15) is 9.59 Å². The molecule has 0 radical (unpaired) electrons. The zero-order valence-corrected chi connectivity index (χ0v) is 15.7. The van der Waals surface area contributed by atoms with Crippen LogP contribution >= 0.6 is 0 Å². The number of para-hydroxylation sites is 3. The summed E-state index contributed by atoms with van der Waals surface area (Å²) in [7, 11) is 0. The molecule has 3 aromatic rings. The van der Waals surface area contributed by atoms with E-state index < -0.39 is 0 Å². The normalized spacial score (nSPS) is 13.4. The van der Waals surface area contributed by atoms with E-state index in [1.807, 2.05) is 59.2 Å². The van der Waals surface area contributed by atoms with Crippen molar-refractivity contribution in [2.45, 2.75) is 32.2 Å². The molecule has 2 aromatic carbocycles. The summed E-state index contributed by atoms with van der Waals surface area (Å²) in [5, 5.41) is 5.92. The fourth-order valence-electron chi connectivity index (χ4n) is 3.31. The van der Waals surface area contributed by atoms with Crippen molar-refractivity contribution in [1.82, 2.24) is 14.9 Å². The molecule has 28 heavy (non-hydrogen) atoms. The maximum absolute atomic E-state index is 12.6. The van der Waals surface area contributed by atoms with Crippen LogP contribution in [0, 0.1) is 5.92 Å². The summed E-state index contributed by atoms with van der Waals surface area (Å²) < 4.78 is 1.97. The Morgan fingerprint density at radius 2 is 1.79 bits per heavy atom. The lowest BCUT2D eigenvalue weighted by molar-refractivity contribution is -0.122. The molecule has 1 heterocycles. The summed E-state index contributed by atoms with van der Waals surface area (Å²) in [6.07, 6.45) is 3.52. The maximum Gasteiger partial charge on any atom is 0.244 e. The number of benzene rings is 2. The Morgan fingerprint density at radius 3 is 2.57 bits per heavy atom. The highest BCUT2D eigenvalue weighted by atomic mass is 16.2. The predicted molar refractivity (Wildman–Crippen MR) is 109 cm³/mol. The van der Waals surface area contributed by atoms with Gasteiger partial charge in [0, 0.05) is 24.6 Å². The number of hydrogen-bond donors (Lipinski definition) is 2. The molecule has 0 bridgehead atoms. The Morgan fingerprint density at radius 1 is 1.04 bits per heavy atom. The Kier molecular flexibility index (Phi) is 5.37. The first-order valence-corrected chi connectivity index (χ1v) is 9.77. The topological polar surface area (TPSA) is 76.0 Å². The molecule has 1 aliphatic rings. The first-order valence-electron chi connectivity index (χ1n) is 9.77. The van der Waals surface area contributed by atoms with Gasteiger partial charge in [-0.3, -0.25) is 9.59 Å². The lowest BCUT2D eigenvalue weighted by Gasteiger charge is -2.10. The van der Waals surface area contributed by atoms with Crippen LogP contribution in [0.25, 0.3) is 11.0 Å². The number of aromatic nitrogens is 2. The Labute approximate surface area is 164 Å². The van der Waals surface area contributed by atoms with Gasteiger partial charge in [0.15, 0.2) is 0 Å². The van der Waals surface area contributed by atoms with Gasteiger partial charge in [-0.2, -0.15) is 0 Å². The summed E-state index contributed by atoms with van der Waals surface area (Å²) in [6, 6.07) is 17.3. The highest BCUT2D eigenvalue weighted by Gasteiger charge is 2.29. The molecule has 144 valence electrons. The third-order valence-corrected chi connectivity index (χ3v) is 4.92. The predicted octanol–water partition coefficient (Wildman–Crippen LogP) is 3.13. The fraction of sp³-hybridized carbons (Fsp3) is 0.318. The van der Waals surface area contributed by atoms with Crippen LogP contribution in [0.4, 0.5) is 5.69 Å². The number of imidazole rings is 1. The SMILES string of the molecule is O=C(Cn1c(CCCNC(=O)C2CC2)nc2ccccc21)Nc1ccccc1. The first kappa shape index (κ1) is 18.2. The average molecular weight is 376 g/mol. The Bertz CT molecular complexity index is 977. The van der Waals surface area contributed by atoms with Crippen molar-refractivity contribution in [2.24, 2.45) is 5.92 Å². The molecule has 0 atom stereocenters. The highest BCUT2D eigenvalue weighted by molar-refractivity contribution is 5.91. The number of fused-ring (bicyclic) bond motifs is 1. The van der Waals surface area contributed by atoms with Crippen LogP contribution in [0.3, 0.4) is 0 Å². The van der Waals surface area contributed by atoms with Crippen molar-refractivity contribution >= 4 is 28.5 Å². The van der Waals surface area contributed by atoms with E-state index in [1.54, 1.807) is 0 Å². The molecular weight excluding hydrogens is 352 g/mol. The van der Waals surface area contributed by atoms with Crippen LogP contribution in [0.15, 0.2) is 54.6 Å². The van der Waals surface area contributed by atoms with Crippen LogP contribution in [-0.2, 0) is 22.6 Å². The largest absolute Gasteiger partial charge is 0.356 e. The minimum atomic E-state index is -0.0855. The lowest BCUT2D eigenvalue weighted by atomic mass is 10.2. The van der Waals surface area contributed by atoms with Crippen LogP contribution in [0.5, 0.6) is 0 Å². The number of hydrogen-bond acceptors (Lipinski definition) is 3. The van der Waals surface area contributed by atoms with Gasteiger partial charge in [-0.1, -0.05) is 30.3 Å². The van der Waals surface area contributed by atoms with Gasteiger partial charge in [0.1, 0.15) is 12.4 Å². The first-order chi connectivity index (χ1) is 13.7. The second-order valence-corrected chi connectivity index (χ2v) is 7.19. The summed E-state index contributed by atoms with van der Waals surface area (Å²) >= 11 is 0. The number of aryl methyl sites for hydroxylation is 1. The Balaban J connectivity index is 1.43. The molecule has 0 aliphatic heterocycles. The highest BCUT2D eigenvalue weighted by Crippen LogP contribution is 2.28. The van der Waals surface area contributed by atoms with E-state index >= 15 is 0 Å². The lowest BCUT2D eigenvalue weighted by Crippen LogP contribution is -2.26. The van der Waals surface area contributed by atoms with Gasteiger partial charge < -0.3 is 15.2 Å². The van der Waals surface area contributed by atoms with E-state index in [4.69, 9.17) is 4.98 Å². The van der Waals surface area contributed by atoms with Gasteiger partial charge in [0.05, 0.1) is 11.0 Å². The van der Waals surface area contributed by atoms with Gasteiger partial charge in [0.2, 0.25) is 11.8 Å². The monoisotopic (exact) mass is 376 g/mol. The number of nitrogens with zero attached hydrogens (tertiary/aromatic N) is 2. The number of anilines is 1. The zero-order chi connectivity index (χ0) is 19.3. The molecule has 1 fully saturated rings. The van der Waals surface area contributed by atoms with Crippen molar-refractivity contribution in [2.75, 3.05) is 11.9 Å². The second-order valence-electron chi connectivity index (χ2n) is 7.19. The number of carbonyl (C=O) groups excluding carboxylic acids is 2. The van der Waals surface area contributed by atoms with Crippen LogP contribution in [-0.4, -0.2) is 27.9 Å². The van der Waals surface area contributed by atoms with E-state index in [-0.39, 0.29) is 24.3 Å². The third kappa shape index (κ3) is 4.39. The summed E-state index contributed by atoms with van der Waals surface area (Å²) in [5.41, 5.74) is 2.61. The molecule has 1 aromatic heterocycles. The van der Waals surface area contributed by atoms with Crippen molar-refractivity contribution < 1.29 is 9.59 Å². The average Bonchev–Trinajstić information content (AvgIpc) is 3.50. The minimum absolute atomic E-state index is 0.0855. The van der Waals surface area contributed by atoms with E-state index in [0.29, 0.717) is 13.0 Å². The molecule has 2 amide bonds. The molecule has 1 aliphatic carbocycles. The maximum atomic E-state index is 12.6. The fourth-order valence-corrected chi connectivity index (χ4v) is 3.31. The molecule has 6 nitrogen and oxygen atoms in total. The molecule has 0 spiro atoms. The molecule has 1 saturated carbocycles. The second kappa shape index (κ2) is 8.25. The standard InChI is InChI=1S/C22H24N4O2/c27-21(24-17-7-2-1-3-8-17)15-26-19-10-5-4-9-18(19)25-20(26)11-6-14-23-22(28)16-12-13-16/h1-5,7-10,16H,6,11-15H2,(H,23,28)(H,24,27). The number of amides is 2. The van der Waals surface area contributed by atoms with Gasteiger partial charge in [0.25, 0.3) is 0 Å². The van der Waals surface area contributed by atoms with Gasteiger partial charge in [-0.15, -0.1) is 0 Å². The van der Waals surface area contributed by atoms with Crippen LogP contribution < -0.4 is 10.6 Å². The molecule has 0 saturated heterocycles. The Hall–Kier alpha value is -3.15. The molecule has 0 unspecified atom stereocenters. The summed E-state index contributed by atoms with van der Waals surface area (Å²) in [6.45, 7) is 0.841. The van der Waals surface area contributed by atoms with Crippen molar-refractivity contribution in [1.29, 1.82) is 0 Å². The van der Waals surface area contributed by atoms with Crippen molar-refractivity contribution in [3.8, 4) is 0 Å². The summed E-state index contributed by atoms with van der Waals surface area (Å²) in [5.74, 6) is 1.17. The number of carbonyl (C=O) groups is 2. The van der Waals surface area contributed by atoms with Crippen LogP contribution in [0.2, 0.25) is 0 Å². The minimum Gasteiger partial charge on any atom is -0.356 e.